The van der Waals surface area contributed by atoms with Crippen LogP contribution in [-0.4, -0.2) is 33.5 Å². The van der Waals surface area contributed by atoms with Gasteiger partial charge in [-0.15, -0.1) is 0 Å². The van der Waals surface area contributed by atoms with Crippen LogP contribution in [0.4, 0.5) is 19.1 Å². The molecule has 1 saturated heterocycles. The number of rotatable bonds is 4. The fourth-order valence-corrected chi connectivity index (χ4v) is 5.05. The summed E-state index contributed by atoms with van der Waals surface area (Å²) in [5.41, 5.74) is 4.41. The Morgan fingerprint density at radius 3 is 2.81 bits per heavy atom. The zero-order valence-corrected chi connectivity index (χ0v) is 18.3. The zero-order chi connectivity index (χ0) is 22.3. The molecule has 1 atom stereocenters. The minimum atomic E-state index is -4.54. The molecule has 5 rings (SSSR count). The van der Waals surface area contributed by atoms with Crippen LogP contribution in [0, 0.1) is 6.92 Å². The minimum Gasteiger partial charge on any atom is -0.350 e. The normalized spacial score (nSPS) is 18.4. The third-order valence-corrected chi connectivity index (χ3v) is 6.68. The summed E-state index contributed by atoms with van der Waals surface area (Å²) >= 11 is 1.40. The van der Waals surface area contributed by atoms with Gasteiger partial charge >= 0.3 is 6.18 Å². The molecule has 1 fully saturated rings. The van der Waals surface area contributed by atoms with Crippen molar-refractivity contribution < 1.29 is 13.2 Å². The van der Waals surface area contributed by atoms with E-state index < -0.39 is 11.7 Å². The van der Waals surface area contributed by atoms with Gasteiger partial charge in [0.1, 0.15) is 5.56 Å². The van der Waals surface area contributed by atoms with Crippen molar-refractivity contribution in [3.05, 3.63) is 63.9 Å². The van der Waals surface area contributed by atoms with Crippen molar-refractivity contribution in [2.45, 2.75) is 38.4 Å². The number of aromatic nitrogens is 3. The molecule has 3 heterocycles. The molecule has 32 heavy (non-hydrogen) atoms. The van der Waals surface area contributed by atoms with Gasteiger partial charge in [-0.3, -0.25) is 0 Å². The highest BCUT2D eigenvalue weighted by Gasteiger charge is 2.37. The maximum absolute atomic E-state index is 13.8. The third-order valence-electron chi connectivity index (χ3n) is 5.96. The first-order chi connectivity index (χ1) is 15.4. The van der Waals surface area contributed by atoms with E-state index in [2.05, 4.69) is 25.0 Å². The second kappa shape index (κ2) is 8.29. The molecule has 0 bridgehead atoms. The lowest BCUT2D eigenvalue weighted by Crippen LogP contribution is -2.38. The molecule has 2 aromatic heterocycles. The van der Waals surface area contributed by atoms with Gasteiger partial charge in [-0.1, -0.05) is 24.3 Å². The lowest BCUT2D eigenvalue weighted by Gasteiger charge is -2.24. The fourth-order valence-electron chi connectivity index (χ4n) is 4.33. The lowest BCUT2D eigenvalue weighted by atomic mass is 9.96. The third kappa shape index (κ3) is 4.02. The number of aryl methyl sites for hydroxylation is 1. The van der Waals surface area contributed by atoms with E-state index in [0.29, 0.717) is 12.0 Å². The number of nitrogens with zero attached hydrogens (tertiary/aromatic N) is 3. The van der Waals surface area contributed by atoms with E-state index in [0.717, 1.165) is 60.1 Å². The van der Waals surface area contributed by atoms with Crippen molar-refractivity contribution in [2.75, 3.05) is 18.4 Å². The van der Waals surface area contributed by atoms with E-state index >= 15 is 0 Å². The Morgan fingerprint density at radius 1 is 1.22 bits per heavy atom. The van der Waals surface area contributed by atoms with Crippen LogP contribution < -0.4 is 10.6 Å². The molecule has 0 unspecified atom stereocenters. The van der Waals surface area contributed by atoms with Crippen molar-refractivity contribution in [3.8, 4) is 11.1 Å². The molecule has 3 aromatic rings. The van der Waals surface area contributed by atoms with E-state index in [4.69, 9.17) is 0 Å². The average molecular weight is 458 g/mol. The van der Waals surface area contributed by atoms with E-state index in [1.807, 2.05) is 36.6 Å². The molecule has 0 saturated carbocycles. The van der Waals surface area contributed by atoms with Gasteiger partial charge in [-0.25, -0.2) is 9.97 Å². The minimum absolute atomic E-state index is 0.0707. The fraction of sp³-hybridized carbons (Fsp3) is 0.348. The highest BCUT2D eigenvalue weighted by molar-refractivity contribution is 7.04. The summed E-state index contributed by atoms with van der Waals surface area (Å²) in [5, 5.41) is 8.47. The number of nitrogens with one attached hydrogen (secondary N) is 2. The summed E-state index contributed by atoms with van der Waals surface area (Å²) in [6.45, 7) is 3.64. The highest BCUT2D eigenvalue weighted by Crippen LogP contribution is 2.41. The van der Waals surface area contributed by atoms with Crippen LogP contribution in [0.3, 0.4) is 0 Å². The molecule has 1 aliphatic heterocycles. The van der Waals surface area contributed by atoms with Gasteiger partial charge in [0.25, 0.3) is 0 Å². The molecule has 9 heteroatoms. The molecule has 2 N–H and O–H groups in total. The molecular formula is C23H22F3N5S. The zero-order valence-electron chi connectivity index (χ0n) is 17.5. The van der Waals surface area contributed by atoms with Gasteiger partial charge in [0.15, 0.2) is 0 Å². The summed E-state index contributed by atoms with van der Waals surface area (Å²) < 4.78 is 45.8. The molecule has 2 aliphatic rings. The van der Waals surface area contributed by atoms with Crippen LogP contribution in [0.2, 0.25) is 0 Å². The number of fused-ring (bicyclic) bond motifs is 1. The summed E-state index contributed by atoms with van der Waals surface area (Å²) in [4.78, 5) is 8.34. The van der Waals surface area contributed by atoms with E-state index in [-0.39, 0.29) is 17.7 Å². The van der Waals surface area contributed by atoms with Gasteiger partial charge < -0.3 is 10.6 Å². The van der Waals surface area contributed by atoms with Gasteiger partial charge in [0, 0.05) is 35.3 Å². The van der Waals surface area contributed by atoms with Crippen molar-refractivity contribution in [1.29, 1.82) is 0 Å². The van der Waals surface area contributed by atoms with Crippen LogP contribution >= 0.6 is 11.5 Å². The van der Waals surface area contributed by atoms with Crippen LogP contribution in [0.1, 0.15) is 40.9 Å². The number of alkyl halides is 3. The second-order valence-electron chi connectivity index (χ2n) is 8.15. The Labute approximate surface area is 188 Å². The van der Waals surface area contributed by atoms with E-state index in [9.17, 15) is 13.2 Å². The van der Waals surface area contributed by atoms with Gasteiger partial charge in [-0.05, 0) is 61.0 Å². The summed E-state index contributed by atoms with van der Waals surface area (Å²) in [7, 11) is 0. The van der Waals surface area contributed by atoms with Gasteiger partial charge in [0.2, 0.25) is 5.95 Å². The lowest BCUT2D eigenvalue weighted by molar-refractivity contribution is -0.138. The molecule has 0 radical (unpaired) electrons. The maximum atomic E-state index is 13.8. The van der Waals surface area contributed by atoms with Crippen molar-refractivity contribution in [3.63, 3.8) is 0 Å². The van der Waals surface area contributed by atoms with E-state index in [1.165, 1.54) is 11.5 Å². The highest BCUT2D eigenvalue weighted by atomic mass is 32.1. The number of allylic oxidation sites excluding steroid dienone is 1. The largest absolute Gasteiger partial charge is 0.419 e. The number of hydrogen-bond acceptors (Lipinski definition) is 6. The first-order valence-electron chi connectivity index (χ1n) is 10.6. The standard InChI is InChI=1S/C23H22F3N5S/c1-13-19(12-32-31-13)15-4-6-17-14(9-15)5-7-18(17)21-20(23(24,25)26)11-28-22(30-21)29-16-3-2-8-27-10-16/h4,6-7,9,11-12,16,27H,2-3,5,8,10H2,1H3,(H,28,29,30)/t16-/m0/s1. The summed E-state index contributed by atoms with van der Waals surface area (Å²) in [6, 6.07) is 5.97. The summed E-state index contributed by atoms with van der Waals surface area (Å²) in [6.07, 6.45) is 0.684. The topological polar surface area (TPSA) is 62.7 Å². The summed E-state index contributed by atoms with van der Waals surface area (Å²) in [5.74, 6) is 0.229. The van der Waals surface area contributed by atoms with Crippen LogP contribution in [-0.2, 0) is 12.6 Å². The number of anilines is 1. The molecule has 1 aliphatic carbocycles. The van der Waals surface area contributed by atoms with Crippen LogP contribution in [0.25, 0.3) is 16.7 Å². The first kappa shape index (κ1) is 21.1. The smallest absolute Gasteiger partial charge is 0.350 e. The van der Waals surface area contributed by atoms with E-state index in [1.54, 1.807) is 0 Å². The van der Waals surface area contributed by atoms with Gasteiger partial charge in [-0.2, -0.15) is 17.5 Å². The van der Waals surface area contributed by atoms with Crippen molar-refractivity contribution in [1.82, 2.24) is 19.7 Å². The molecule has 5 nitrogen and oxygen atoms in total. The number of piperidine rings is 1. The monoisotopic (exact) mass is 457 g/mol. The Bertz CT molecular complexity index is 1180. The van der Waals surface area contributed by atoms with Crippen molar-refractivity contribution >= 4 is 23.1 Å². The molecule has 0 spiro atoms. The van der Waals surface area contributed by atoms with Crippen molar-refractivity contribution in [2.24, 2.45) is 0 Å². The predicted octanol–water partition coefficient (Wildman–Crippen LogP) is 5.08. The molecule has 0 amide bonds. The Kier molecular flexibility index (Phi) is 5.46. The molecule has 166 valence electrons. The number of halogens is 3. The quantitative estimate of drug-likeness (QED) is 0.572. The molecular weight excluding hydrogens is 435 g/mol. The maximum Gasteiger partial charge on any atom is 0.419 e. The SMILES string of the molecule is Cc1nscc1-c1ccc2c(c1)CC=C2c1nc(N[C@H]2CCCNC2)ncc1C(F)(F)F. The average Bonchev–Trinajstić information content (AvgIpc) is 3.39. The predicted molar refractivity (Wildman–Crippen MR) is 120 cm³/mol. The number of hydrogen-bond donors (Lipinski definition) is 2. The van der Waals surface area contributed by atoms with Gasteiger partial charge in [0.05, 0.1) is 11.4 Å². The van der Waals surface area contributed by atoms with Crippen LogP contribution in [0.5, 0.6) is 0 Å². The molecule has 1 aromatic carbocycles. The Hall–Kier alpha value is -2.78. The second-order valence-corrected chi connectivity index (χ2v) is 8.78. The Morgan fingerprint density at radius 2 is 2.09 bits per heavy atom. The Balaban J connectivity index is 1.51. The first-order valence-corrected chi connectivity index (χ1v) is 11.4. The van der Waals surface area contributed by atoms with Crippen LogP contribution in [0.15, 0.2) is 35.9 Å². The number of benzene rings is 1.